The highest BCUT2D eigenvalue weighted by molar-refractivity contribution is 6.20. The van der Waals surface area contributed by atoms with E-state index in [1.807, 2.05) is 43.3 Å². The van der Waals surface area contributed by atoms with Gasteiger partial charge in [-0.3, -0.25) is 9.59 Å². The van der Waals surface area contributed by atoms with Crippen LogP contribution in [0.1, 0.15) is 54.3 Å². The number of nitrogens with zero attached hydrogens (tertiary/aromatic N) is 1. The van der Waals surface area contributed by atoms with Gasteiger partial charge < -0.3 is 9.26 Å². The number of rotatable bonds is 4. The Balaban J connectivity index is 1.73. The van der Waals surface area contributed by atoms with Crippen LogP contribution < -0.4 is 4.74 Å². The molecule has 0 radical (unpaired) electrons. The number of aromatic nitrogens is 1. The van der Waals surface area contributed by atoms with Crippen molar-refractivity contribution in [1.82, 2.24) is 5.16 Å². The van der Waals surface area contributed by atoms with Crippen LogP contribution >= 0.6 is 0 Å². The molecule has 0 N–H and O–H groups in total. The number of hydrogen-bond donors (Lipinski definition) is 0. The number of Topliss-reactive ketones (excluding diaryl/α,β-unsaturated/α-hetero) is 1. The molecule has 134 valence electrons. The van der Waals surface area contributed by atoms with E-state index in [1.165, 1.54) is 6.08 Å². The lowest BCUT2D eigenvalue weighted by Gasteiger charge is -2.43. The number of fused-ring (bicyclic) bond motifs is 2. The van der Waals surface area contributed by atoms with Crippen molar-refractivity contribution in [3.8, 4) is 5.88 Å². The van der Waals surface area contributed by atoms with Gasteiger partial charge in [-0.05, 0) is 42.5 Å². The third kappa shape index (κ3) is 2.34. The summed E-state index contributed by atoms with van der Waals surface area (Å²) in [6, 6.07) is 9.66. The first-order chi connectivity index (χ1) is 12.6. The Morgan fingerprint density at radius 3 is 2.77 bits per heavy atom. The van der Waals surface area contributed by atoms with Crippen LogP contribution in [0.5, 0.6) is 5.88 Å². The van der Waals surface area contributed by atoms with Gasteiger partial charge in [0.25, 0.3) is 5.88 Å². The zero-order chi connectivity index (χ0) is 18.3. The lowest BCUT2D eigenvalue weighted by atomic mass is 9.56. The van der Waals surface area contributed by atoms with Gasteiger partial charge in [0.2, 0.25) is 0 Å². The van der Waals surface area contributed by atoms with Crippen molar-refractivity contribution >= 4 is 11.6 Å². The van der Waals surface area contributed by atoms with Crippen LogP contribution in [0.3, 0.4) is 0 Å². The molecule has 0 spiro atoms. The lowest BCUT2D eigenvalue weighted by Crippen LogP contribution is -2.49. The largest absolute Gasteiger partial charge is 0.470 e. The van der Waals surface area contributed by atoms with Gasteiger partial charge in [0.05, 0.1) is 5.41 Å². The highest BCUT2D eigenvalue weighted by atomic mass is 16.5. The predicted octanol–water partition coefficient (Wildman–Crippen LogP) is 4.10. The SMILES string of the molecule is CCC1c2onc(OCc3ccccc3)c2C(=O)C2(C)C(=O)C=CCC12. The van der Waals surface area contributed by atoms with Crippen molar-refractivity contribution in [2.75, 3.05) is 0 Å². The quantitative estimate of drug-likeness (QED) is 0.776. The minimum Gasteiger partial charge on any atom is -0.470 e. The molecule has 2 aliphatic carbocycles. The molecule has 2 aromatic rings. The molecule has 3 unspecified atom stereocenters. The fourth-order valence-corrected chi connectivity index (χ4v) is 4.25. The smallest absolute Gasteiger partial charge is 0.265 e. The summed E-state index contributed by atoms with van der Waals surface area (Å²) < 4.78 is 11.3. The minimum atomic E-state index is -1.07. The third-order valence-corrected chi connectivity index (χ3v) is 5.78. The van der Waals surface area contributed by atoms with E-state index in [2.05, 4.69) is 5.16 Å². The van der Waals surface area contributed by atoms with E-state index in [1.54, 1.807) is 6.92 Å². The molecule has 4 rings (SSSR count). The van der Waals surface area contributed by atoms with E-state index in [4.69, 9.17) is 9.26 Å². The summed E-state index contributed by atoms with van der Waals surface area (Å²) in [5, 5.41) is 4.03. The summed E-state index contributed by atoms with van der Waals surface area (Å²) in [7, 11) is 0. The van der Waals surface area contributed by atoms with Crippen LogP contribution in [0, 0.1) is 11.3 Å². The molecule has 26 heavy (non-hydrogen) atoms. The van der Waals surface area contributed by atoms with Crippen molar-refractivity contribution in [2.24, 2.45) is 11.3 Å². The Morgan fingerprint density at radius 2 is 2.04 bits per heavy atom. The fraction of sp³-hybridized carbons (Fsp3) is 0.381. The highest BCUT2D eigenvalue weighted by Crippen LogP contribution is 2.54. The Hall–Kier alpha value is -2.69. The molecule has 1 aromatic carbocycles. The summed E-state index contributed by atoms with van der Waals surface area (Å²) in [6.45, 7) is 4.09. The summed E-state index contributed by atoms with van der Waals surface area (Å²) >= 11 is 0. The summed E-state index contributed by atoms with van der Waals surface area (Å²) in [6.07, 6.45) is 4.85. The van der Waals surface area contributed by atoms with Crippen molar-refractivity contribution in [3.63, 3.8) is 0 Å². The maximum absolute atomic E-state index is 13.3. The monoisotopic (exact) mass is 351 g/mol. The van der Waals surface area contributed by atoms with Gasteiger partial charge >= 0.3 is 0 Å². The first kappa shape index (κ1) is 16.8. The molecule has 0 saturated heterocycles. The van der Waals surface area contributed by atoms with Gasteiger partial charge in [0, 0.05) is 5.92 Å². The van der Waals surface area contributed by atoms with Crippen LogP contribution in [0.4, 0.5) is 0 Å². The molecule has 0 amide bonds. The van der Waals surface area contributed by atoms with Crippen LogP contribution in [0.15, 0.2) is 47.0 Å². The molecule has 5 nitrogen and oxygen atoms in total. The number of ether oxygens (including phenoxy) is 1. The Labute approximate surface area is 152 Å². The lowest BCUT2D eigenvalue weighted by molar-refractivity contribution is -0.124. The average Bonchev–Trinajstić information content (AvgIpc) is 3.08. The second kappa shape index (κ2) is 6.24. The molecular formula is C21H21NO4. The second-order valence-electron chi connectivity index (χ2n) is 7.16. The topological polar surface area (TPSA) is 69.4 Å². The Bertz CT molecular complexity index is 883. The van der Waals surface area contributed by atoms with E-state index in [-0.39, 0.29) is 35.9 Å². The van der Waals surface area contributed by atoms with Gasteiger partial charge in [-0.15, -0.1) is 0 Å². The standard InChI is InChI=1S/C21H21NO4/c1-3-14-15-10-7-11-16(23)21(15,2)19(24)17-18(14)26-22-20(17)25-12-13-8-5-4-6-9-13/h4-9,11,14-15H,3,10,12H2,1-2H3. The van der Waals surface area contributed by atoms with Crippen LogP contribution in [-0.4, -0.2) is 16.7 Å². The zero-order valence-corrected chi connectivity index (χ0v) is 14.9. The van der Waals surface area contributed by atoms with Gasteiger partial charge in [-0.25, -0.2) is 0 Å². The molecule has 0 aliphatic heterocycles. The number of hydrogen-bond acceptors (Lipinski definition) is 5. The zero-order valence-electron chi connectivity index (χ0n) is 14.9. The van der Waals surface area contributed by atoms with Crippen LogP contribution in [0.2, 0.25) is 0 Å². The first-order valence-electron chi connectivity index (χ1n) is 8.99. The average molecular weight is 351 g/mol. The first-order valence-corrected chi connectivity index (χ1v) is 8.99. The summed E-state index contributed by atoms with van der Waals surface area (Å²) in [5.74, 6) is 0.252. The Kier molecular flexibility index (Phi) is 4.02. The summed E-state index contributed by atoms with van der Waals surface area (Å²) in [4.78, 5) is 25.9. The van der Waals surface area contributed by atoms with Crippen LogP contribution in [0.25, 0.3) is 0 Å². The third-order valence-electron chi connectivity index (χ3n) is 5.78. The minimum absolute atomic E-state index is 0.0248. The van der Waals surface area contributed by atoms with Gasteiger partial charge in [0.1, 0.15) is 12.2 Å². The number of carbonyl (C=O) groups excluding carboxylic acids is 2. The maximum Gasteiger partial charge on any atom is 0.265 e. The molecule has 0 bridgehead atoms. The molecular weight excluding hydrogens is 330 g/mol. The molecule has 1 heterocycles. The van der Waals surface area contributed by atoms with E-state index >= 15 is 0 Å². The Morgan fingerprint density at radius 1 is 1.27 bits per heavy atom. The molecule has 3 atom stereocenters. The van der Waals surface area contributed by atoms with Crippen molar-refractivity contribution < 1.29 is 18.8 Å². The number of carbonyl (C=O) groups is 2. The second-order valence-corrected chi connectivity index (χ2v) is 7.16. The predicted molar refractivity (Wildman–Crippen MR) is 95.0 cm³/mol. The molecule has 2 aliphatic rings. The number of benzene rings is 1. The number of allylic oxidation sites excluding steroid dienone is 2. The van der Waals surface area contributed by atoms with Gasteiger partial charge in [-0.1, -0.05) is 43.3 Å². The molecule has 0 saturated carbocycles. The molecule has 1 aromatic heterocycles. The van der Waals surface area contributed by atoms with Crippen molar-refractivity contribution in [1.29, 1.82) is 0 Å². The fourth-order valence-electron chi connectivity index (χ4n) is 4.25. The maximum atomic E-state index is 13.3. The highest BCUT2D eigenvalue weighted by Gasteiger charge is 2.57. The normalized spacial score (nSPS) is 27.2. The van der Waals surface area contributed by atoms with E-state index in [9.17, 15) is 9.59 Å². The van der Waals surface area contributed by atoms with Crippen LogP contribution in [-0.2, 0) is 11.4 Å². The van der Waals surface area contributed by atoms with Gasteiger partial charge in [-0.2, -0.15) is 0 Å². The molecule has 5 heteroatoms. The number of ketones is 2. The van der Waals surface area contributed by atoms with E-state index in [0.717, 1.165) is 12.0 Å². The molecule has 0 fully saturated rings. The van der Waals surface area contributed by atoms with Crippen molar-refractivity contribution in [2.45, 2.75) is 39.2 Å². The van der Waals surface area contributed by atoms with E-state index < -0.39 is 5.41 Å². The van der Waals surface area contributed by atoms with E-state index in [0.29, 0.717) is 17.7 Å². The van der Waals surface area contributed by atoms with Gasteiger partial charge in [0.15, 0.2) is 17.3 Å². The van der Waals surface area contributed by atoms with Crippen molar-refractivity contribution in [3.05, 3.63) is 59.4 Å². The summed E-state index contributed by atoms with van der Waals surface area (Å²) in [5.41, 5.74) is 0.245.